The minimum absolute atomic E-state index is 0.237. The summed E-state index contributed by atoms with van der Waals surface area (Å²) in [6, 6.07) is 6.12. The van der Waals surface area contributed by atoms with E-state index in [-0.39, 0.29) is 5.75 Å². The minimum atomic E-state index is -1.53. The van der Waals surface area contributed by atoms with E-state index in [4.69, 9.17) is 19.0 Å². The van der Waals surface area contributed by atoms with E-state index in [1.54, 1.807) is 19.1 Å². The molecule has 0 amide bonds. The van der Waals surface area contributed by atoms with E-state index in [9.17, 15) is 20.1 Å². The number of hydrogen-bond donors (Lipinski definition) is 4. The van der Waals surface area contributed by atoms with E-state index < -0.39 is 42.9 Å². The van der Waals surface area contributed by atoms with Gasteiger partial charge in [0, 0.05) is 17.5 Å². The molecular weight excluding hydrogens is 320 g/mol. The minimum Gasteiger partial charge on any atom is -0.462 e. The molecule has 130 valence electrons. The lowest BCUT2D eigenvalue weighted by Gasteiger charge is -2.39. The maximum absolute atomic E-state index is 11.5. The quantitative estimate of drug-likeness (QED) is 0.540. The Morgan fingerprint density at radius 2 is 1.88 bits per heavy atom. The molecule has 24 heavy (non-hydrogen) atoms. The number of rotatable bonds is 3. The zero-order valence-electron chi connectivity index (χ0n) is 12.8. The van der Waals surface area contributed by atoms with Crippen molar-refractivity contribution < 1.29 is 34.3 Å². The molecule has 8 heteroatoms. The van der Waals surface area contributed by atoms with Crippen molar-refractivity contribution in [3.05, 3.63) is 40.2 Å². The predicted molar refractivity (Wildman–Crippen MR) is 81.6 cm³/mol. The third kappa shape index (κ3) is 3.02. The van der Waals surface area contributed by atoms with Gasteiger partial charge in [-0.1, -0.05) is 0 Å². The predicted octanol–water partition coefficient (Wildman–Crippen LogP) is -0.720. The molecule has 0 aliphatic carbocycles. The number of aryl methyl sites for hydroxylation is 1. The molecule has 1 saturated heterocycles. The van der Waals surface area contributed by atoms with Crippen molar-refractivity contribution in [1.29, 1.82) is 0 Å². The largest absolute Gasteiger partial charge is 0.462 e. The lowest BCUT2D eigenvalue weighted by Crippen LogP contribution is -2.60. The summed E-state index contributed by atoms with van der Waals surface area (Å²) in [6.45, 7) is 1.23. The van der Waals surface area contributed by atoms with Crippen molar-refractivity contribution in [3.8, 4) is 5.75 Å². The Morgan fingerprint density at radius 1 is 1.12 bits per heavy atom. The van der Waals surface area contributed by atoms with Crippen LogP contribution >= 0.6 is 0 Å². The normalized spacial score (nSPS) is 30.5. The third-order valence-corrected chi connectivity index (χ3v) is 4.02. The first-order chi connectivity index (χ1) is 11.4. The van der Waals surface area contributed by atoms with Gasteiger partial charge in [-0.05, 0) is 24.6 Å². The van der Waals surface area contributed by atoms with Crippen LogP contribution in [0.2, 0.25) is 0 Å². The second kappa shape index (κ2) is 6.50. The standard InChI is InChI=1S/C16H18O8/c1-7-4-12(18)23-10-5-8(2-3-9(7)10)22-16-15(21)14(20)13(19)11(6-17)24-16/h2-5,11,13-17,19-21H,6H2,1H3/t11-,13-,14-,15-,16+/m0/s1. The molecule has 0 unspecified atom stereocenters. The molecule has 1 aromatic heterocycles. The number of ether oxygens (including phenoxy) is 2. The first kappa shape index (κ1) is 16.9. The fourth-order valence-electron chi connectivity index (χ4n) is 2.68. The summed E-state index contributed by atoms with van der Waals surface area (Å²) in [6.07, 6.45) is -6.85. The fraction of sp³-hybridized carbons (Fsp3) is 0.438. The summed E-state index contributed by atoms with van der Waals surface area (Å²) in [5.74, 6) is 0.237. The molecule has 2 aromatic rings. The summed E-state index contributed by atoms with van der Waals surface area (Å²) in [5.41, 5.74) is 0.563. The summed E-state index contributed by atoms with van der Waals surface area (Å²) in [5, 5.41) is 39.4. The molecule has 0 bridgehead atoms. The van der Waals surface area contributed by atoms with E-state index in [1.165, 1.54) is 12.1 Å². The summed E-state index contributed by atoms with van der Waals surface area (Å²) in [4.78, 5) is 11.5. The van der Waals surface area contributed by atoms with Gasteiger partial charge in [0.15, 0.2) is 0 Å². The Hall–Kier alpha value is -1.97. The van der Waals surface area contributed by atoms with Gasteiger partial charge in [-0.15, -0.1) is 0 Å². The molecule has 0 radical (unpaired) electrons. The molecule has 1 aliphatic rings. The van der Waals surface area contributed by atoms with Crippen LogP contribution in [0.4, 0.5) is 0 Å². The average molecular weight is 338 g/mol. The van der Waals surface area contributed by atoms with Crippen molar-refractivity contribution in [2.24, 2.45) is 0 Å². The van der Waals surface area contributed by atoms with Gasteiger partial charge in [0.25, 0.3) is 0 Å². The summed E-state index contributed by atoms with van der Waals surface area (Å²) in [7, 11) is 0. The molecule has 1 aromatic carbocycles. The maximum atomic E-state index is 11.5. The number of aliphatic hydroxyl groups is 4. The molecule has 5 atom stereocenters. The van der Waals surface area contributed by atoms with Crippen molar-refractivity contribution >= 4 is 11.0 Å². The van der Waals surface area contributed by atoms with Crippen molar-refractivity contribution in [3.63, 3.8) is 0 Å². The Balaban J connectivity index is 1.87. The Morgan fingerprint density at radius 3 is 2.58 bits per heavy atom. The topological polar surface area (TPSA) is 130 Å². The Kier molecular flexibility index (Phi) is 4.57. The number of fused-ring (bicyclic) bond motifs is 1. The smallest absolute Gasteiger partial charge is 0.336 e. The third-order valence-electron chi connectivity index (χ3n) is 4.02. The van der Waals surface area contributed by atoms with Crippen LogP contribution in [0.5, 0.6) is 5.75 Å². The van der Waals surface area contributed by atoms with Crippen LogP contribution < -0.4 is 10.4 Å². The van der Waals surface area contributed by atoms with Gasteiger partial charge in [-0.25, -0.2) is 4.79 Å². The molecule has 1 fully saturated rings. The highest BCUT2D eigenvalue weighted by Gasteiger charge is 2.44. The van der Waals surface area contributed by atoms with Gasteiger partial charge in [-0.2, -0.15) is 0 Å². The number of benzene rings is 1. The molecule has 1 aliphatic heterocycles. The second-order valence-electron chi connectivity index (χ2n) is 5.72. The van der Waals surface area contributed by atoms with Crippen molar-refractivity contribution in [1.82, 2.24) is 0 Å². The molecule has 0 spiro atoms. The van der Waals surface area contributed by atoms with E-state index >= 15 is 0 Å². The highest BCUT2D eigenvalue weighted by atomic mass is 16.7. The van der Waals surface area contributed by atoms with Gasteiger partial charge in [0.1, 0.15) is 35.7 Å². The van der Waals surface area contributed by atoms with Crippen LogP contribution in [-0.4, -0.2) is 57.7 Å². The summed E-state index contributed by atoms with van der Waals surface area (Å²) >= 11 is 0. The highest BCUT2D eigenvalue weighted by Crippen LogP contribution is 2.27. The van der Waals surface area contributed by atoms with E-state index in [0.717, 1.165) is 10.9 Å². The lowest BCUT2D eigenvalue weighted by molar-refractivity contribution is -0.277. The Bertz CT molecular complexity index is 783. The molecule has 3 rings (SSSR count). The molecule has 2 heterocycles. The molecule has 4 N–H and O–H groups in total. The van der Waals surface area contributed by atoms with Gasteiger partial charge in [-0.3, -0.25) is 0 Å². The van der Waals surface area contributed by atoms with E-state index in [0.29, 0.717) is 5.58 Å². The lowest BCUT2D eigenvalue weighted by atomic mass is 9.99. The van der Waals surface area contributed by atoms with Crippen molar-refractivity contribution in [2.75, 3.05) is 6.61 Å². The number of hydrogen-bond acceptors (Lipinski definition) is 8. The molecular formula is C16H18O8. The zero-order valence-corrected chi connectivity index (χ0v) is 12.8. The maximum Gasteiger partial charge on any atom is 0.336 e. The van der Waals surface area contributed by atoms with Crippen LogP contribution in [-0.2, 0) is 4.74 Å². The van der Waals surface area contributed by atoms with Crippen LogP contribution in [0.25, 0.3) is 11.0 Å². The van der Waals surface area contributed by atoms with Gasteiger partial charge >= 0.3 is 5.63 Å². The average Bonchev–Trinajstić information content (AvgIpc) is 2.55. The first-order valence-electron chi connectivity index (χ1n) is 7.42. The van der Waals surface area contributed by atoms with Gasteiger partial charge in [0.05, 0.1) is 6.61 Å². The number of aliphatic hydroxyl groups excluding tert-OH is 4. The molecule has 8 nitrogen and oxygen atoms in total. The fourth-order valence-corrected chi connectivity index (χ4v) is 2.68. The van der Waals surface area contributed by atoms with Crippen LogP contribution in [0.1, 0.15) is 5.56 Å². The highest BCUT2D eigenvalue weighted by molar-refractivity contribution is 5.81. The monoisotopic (exact) mass is 338 g/mol. The van der Waals surface area contributed by atoms with Crippen LogP contribution in [0.15, 0.2) is 33.5 Å². The van der Waals surface area contributed by atoms with Gasteiger partial charge in [0.2, 0.25) is 6.29 Å². The SMILES string of the molecule is Cc1cc(=O)oc2cc(O[C@@H]3O[C@@H](CO)[C@H](O)[C@H](O)[C@@H]3O)ccc12. The zero-order chi connectivity index (χ0) is 17.4. The van der Waals surface area contributed by atoms with Crippen LogP contribution in [0, 0.1) is 6.92 Å². The van der Waals surface area contributed by atoms with E-state index in [2.05, 4.69) is 0 Å². The second-order valence-corrected chi connectivity index (χ2v) is 5.72. The van der Waals surface area contributed by atoms with Crippen molar-refractivity contribution in [2.45, 2.75) is 37.6 Å². The van der Waals surface area contributed by atoms with E-state index in [1.807, 2.05) is 0 Å². The Labute approximate surface area is 136 Å². The first-order valence-corrected chi connectivity index (χ1v) is 7.42. The van der Waals surface area contributed by atoms with Crippen LogP contribution in [0.3, 0.4) is 0 Å². The molecule has 0 saturated carbocycles. The summed E-state index contributed by atoms with van der Waals surface area (Å²) < 4.78 is 15.9. The van der Waals surface area contributed by atoms with Gasteiger partial charge < -0.3 is 34.3 Å².